The van der Waals surface area contributed by atoms with Gasteiger partial charge >= 0.3 is 0 Å². The summed E-state index contributed by atoms with van der Waals surface area (Å²) in [4.78, 5) is 29.7. The second-order valence-electron chi connectivity index (χ2n) is 9.04. The molecule has 0 fully saturated rings. The molecule has 0 bridgehead atoms. The minimum absolute atomic E-state index is 0. The maximum atomic E-state index is 9.91. The summed E-state index contributed by atoms with van der Waals surface area (Å²) in [5.41, 5.74) is -2.08. The van der Waals surface area contributed by atoms with E-state index in [0.29, 0.717) is 0 Å². The molecule has 0 aliphatic heterocycles. The third-order valence-electron chi connectivity index (χ3n) is 2.74. The van der Waals surface area contributed by atoms with Crippen molar-refractivity contribution >= 4 is 45.2 Å². The molecule has 0 amide bonds. The number of hydrogen-bond acceptors (Lipinski definition) is 7. The minimum Gasteiger partial charge on any atom is -0.550 e. The molecule has 0 unspecified atom stereocenters. The number of benzene rings is 1. The largest absolute Gasteiger partial charge is 0.550 e. The Kier molecular flexibility index (Phi) is 19.2. The van der Waals surface area contributed by atoms with Gasteiger partial charge in [0, 0.05) is 67.5 Å². The van der Waals surface area contributed by atoms with Gasteiger partial charge in [-0.3, -0.25) is 0 Å². The van der Waals surface area contributed by atoms with E-state index < -0.39 is 34.2 Å². The van der Waals surface area contributed by atoms with Gasteiger partial charge in [0.2, 0.25) is 0 Å². The second-order valence-corrected chi connectivity index (χ2v) is 9.04. The standard InChI is InChI=1S/C7H7O.3C5H10O2.Pb/c1-8-7-5-3-2-4-6-7;3*1-5(2,3)4(6)7;/h2-5H,1H3;3*1-3H3,(H,6,7);/p-3. The monoisotopic (exact) mass is 618 g/mol. The number of hydrogen-bond donors (Lipinski definition) is 0. The fourth-order valence-corrected chi connectivity index (χ4v) is 0.504. The molecule has 1 rings (SSSR count). The molecule has 0 aliphatic rings. The number of carbonyl (C=O) groups excluding carboxylic acids is 3. The number of carbonyl (C=O) groups is 3. The number of methoxy groups -OCH3 is 1. The van der Waals surface area contributed by atoms with E-state index in [2.05, 4.69) is 6.07 Å². The molecule has 0 heterocycles. The Labute approximate surface area is 201 Å². The van der Waals surface area contributed by atoms with Crippen molar-refractivity contribution in [2.45, 2.75) is 62.3 Å². The third kappa shape index (κ3) is 24.4. The predicted molar refractivity (Wildman–Crippen MR) is 111 cm³/mol. The summed E-state index contributed by atoms with van der Waals surface area (Å²) in [6.45, 7) is 14.4. The zero-order valence-electron chi connectivity index (χ0n) is 19.7. The summed E-state index contributed by atoms with van der Waals surface area (Å²) in [5.74, 6) is -2.24. The van der Waals surface area contributed by atoms with Crippen molar-refractivity contribution in [1.29, 1.82) is 0 Å². The molecular formula is C22H34O7Pb-3. The first kappa shape index (κ1) is 35.8. The van der Waals surface area contributed by atoms with E-state index in [1.165, 1.54) is 0 Å². The number of aliphatic carboxylic acids is 3. The van der Waals surface area contributed by atoms with E-state index in [9.17, 15) is 29.7 Å². The fourth-order valence-electron chi connectivity index (χ4n) is 0.504. The Morgan fingerprint density at radius 1 is 0.733 bits per heavy atom. The van der Waals surface area contributed by atoms with Gasteiger partial charge in [-0.1, -0.05) is 80.5 Å². The number of para-hydroxylation sites is 1. The molecule has 5 radical (unpaired) electrons. The van der Waals surface area contributed by atoms with Crippen LogP contribution >= 0.6 is 0 Å². The molecule has 171 valence electrons. The number of ether oxygens (including phenoxy) is 1. The number of carboxylic acid groups (broad SMARTS) is 3. The van der Waals surface area contributed by atoms with E-state index in [-0.39, 0.29) is 27.3 Å². The zero-order chi connectivity index (χ0) is 24.1. The van der Waals surface area contributed by atoms with Gasteiger partial charge < -0.3 is 34.4 Å². The molecule has 0 N–H and O–H groups in total. The Balaban J connectivity index is -0.000000149. The number of rotatable bonds is 1. The van der Waals surface area contributed by atoms with Crippen LogP contribution in [0.15, 0.2) is 24.3 Å². The van der Waals surface area contributed by atoms with Crippen molar-refractivity contribution in [2.75, 3.05) is 7.11 Å². The van der Waals surface area contributed by atoms with Gasteiger partial charge in [-0.2, -0.15) is 0 Å². The van der Waals surface area contributed by atoms with Gasteiger partial charge in [-0.15, -0.1) is 0 Å². The maximum Gasteiger partial charge on any atom is 0.126 e. The predicted octanol–water partition coefficient (Wildman–Crippen LogP) is 0.462. The third-order valence-corrected chi connectivity index (χ3v) is 2.74. The first-order chi connectivity index (χ1) is 12.8. The smallest absolute Gasteiger partial charge is 0.126 e. The Morgan fingerprint density at radius 2 is 1.00 bits per heavy atom. The van der Waals surface area contributed by atoms with Crippen LogP contribution in [0.1, 0.15) is 62.3 Å². The van der Waals surface area contributed by atoms with Gasteiger partial charge in [0.15, 0.2) is 0 Å². The topological polar surface area (TPSA) is 130 Å². The van der Waals surface area contributed by atoms with Crippen LogP contribution in [0.5, 0.6) is 5.75 Å². The van der Waals surface area contributed by atoms with E-state index in [4.69, 9.17) is 4.74 Å². The van der Waals surface area contributed by atoms with Crippen molar-refractivity contribution in [3.8, 4) is 5.75 Å². The molecule has 0 spiro atoms. The fraction of sp³-hybridized carbons (Fsp3) is 0.591. The Morgan fingerprint density at radius 3 is 1.10 bits per heavy atom. The van der Waals surface area contributed by atoms with Crippen LogP contribution < -0.4 is 20.1 Å². The van der Waals surface area contributed by atoms with Gasteiger partial charge in [-0.05, 0) is 6.07 Å². The normalized spacial score (nSPS) is 10.2. The minimum atomic E-state index is -1.01. The summed E-state index contributed by atoms with van der Waals surface area (Å²) in [5, 5.41) is 29.7. The van der Waals surface area contributed by atoms with Gasteiger partial charge in [0.05, 0.1) is 7.11 Å². The first-order valence-electron chi connectivity index (χ1n) is 8.91. The first-order valence-corrected chi connectivity index (χ1v) is 8.91. The molecule has 7 nitrogen and oxygen atoms in total. The van der Waals surface area contributed by atoms with E-state index in [0.717, 1.165) is 5.75 Å². The van der Waals surface area contributed by atoms with Crippen molar-refractivity contribution in [3.63, 3.8) is 0 Å². The summed E-state index contributed by atoms with van der Waals surface area (Å²) >= 11 is 0. The van der Waals surface area contributed by atoms with Gasteiger partial charge in [0.1, 0.15) is 5.75 Å². The van der Waals surface area contributed by atoms with Crippen LogP contribution in [0.4, 0.5) is 0 Å². The van der Waals surface area contributed by atoms with Crippen LogP contribution in [0, 0.1) is 22.3 Å². The van der Waals surface area contributed by atoms with Crippen molar-refractivity contribution < 1.29 is 34.4 Å². The molecule has 0 atom stereocenters. The zero-order valence-corrected chi connectivity index (χ0v) is 23.6. The average molecular weight is 618 g/mol. The van der Waals surface area contributed by atoms with Gasteiger partial charge in [-0.25, -0.2) is 0 Å². The molecule has 0 saturated carbocycles. The van der Waals surface area contributed by atoms with Crippen LogP contribution in [-0.2, 0) is 14.4 Å². The van der Waals surface area contributed by atoms with Crippen LogP contribution in [0.25, 0.3) is 0 Å². The maximum absolute atomic E-state index is 9.91. The van der Waals surface area contributed by atoms with Gasteiger partial charge in [0.25, 0.3) is 0 Å². The van der Waals surface area contributed by atoms with Crippen molar-refractivity contribution in [1.82, 2.24) is 0 Å². The summed E-state index contributed by atoms with van der Waals surface area (Å²) < 4.78 is 4.86. The van der Waals surface area contributed by atoms with Crippen molar-refractivity contribution in [2.24, 2.45) is 16.2 Å². The molecule has 1 aromatic rings. The quantitative estimate of drug-likeness (QED) is 0.419. The van der Waals surface area contributed by atoms with E-state index in [1.54, 1.807) is 69.4 Å². The number of carboxylic acids is 3. The molecule has 0 aliphatic carbocycles. The summed E-state index contributed by atoms with van der Waals surface area (Å²) in [6.07, 6.45) is 0. The molecule has 30 heavy (non-hydrogen) atoms. The molecule has 1 aromatic carbocycles. The second kappa shape index (κ2) is 16.1. The average Bonchev–Trinajstić information content (AvgIpc) is 2.54. The van der Waals surface area contributed by atoms with E-state index >= 15 is 0 Å². The molecule has 0 aromatic heterocycles. The molecule has 0 saturated heterocycles. The van der Waals surface area contributed by atoms with Crippen LogP contribution in [-0.4, -0.2) is 52.3 Å². The Hall–Kier alpha value is -1.65. The summed E-state index contributed by atoms with van der Waals surface area (Å²) in [7, 11) is 1.63. The van der Waals surface area contributed by atoms with E-state index in [1.807, 2.05) is 24.3 Å². The van der Waals surface area contributed by atoms with Crippen LogP contribution in [0.2, 0.25) is 0 Å². The molecular weight excluding hydrogens is 583 g/mol. The SMILES string of the molecule is CC(C)(C)C(=O)[O-].CC(C)(C)C(=O)[O-].CC(C)(C)C(=O)[O-].COc1[c]cccc1.[Pb]. The van der Waals surface area contributed by atoms with Crippen molar-refractivity contribution in [3.05, 3.63) is 30.3 Å². The molecule has 8 heteroatoms. The Bertz CT molecular complexity index is 550. The van der Waals surface area contributed by atoms with Crippen LogP contribution in [0.3, 0.4) is 0 Å². The summed E-state index contributed by atoms with van der Waals surface area (Å²) in [6, 6.07) is 10.4.